The van der Waals surface area contributed by atoms with Crippen LogP contribution < -0.4 is 10.6 Å². The van der Waals surface area contributed by atoms with Crippen molar-refractivity contribution in [2.75, 3.05) is 19.6 Å². The number of rotatable bonds is 7. The molecule has 3 N–H and O–H groups in total. The van der Waals surface area contributed by atoms with Crippen molar-refractivity contribution in [1.29, 1.82) is 0 Å². The Bertz CT molecular complexity index is 380. The Morgan fingerprint density at radius 3 is 2.33 bits per heavy atom. The molecule has 1 aliphatic rings. The molecule has 1 fully saturated rings. The Hall–Kier alpha value is -1.63. The fourth-order valence-corrected chi connectivity index (χ4v) is 2.46. The molecule has 0 bridgehead atoms. The number of nitrogens with one attached hydrogen (secondary N) is 2. The highest BCUT2D eigenvalue weighted by Gasteiger charge is 2.19. The van der Waals surface area contributed by atoms with Crippen LogP contribution >= 0.6 is 0 Å². The summed E-state index contributed by atoms with van der Waals surface area (Å²) in [6.45, 7) is 6.30. The molecule has 1 aliphatic heterocycles. The van der Waals surface area contributed by atoms with E-state index in [1.807, 2.05) is 6.92 Å². The number of carboxylic acid groups (broad SMARTS) is 1. The molecular formula is C14H25N3O4. The van der Waals surface area contributed by atoms with Crippen LogP contribution in [0.4, 0.5) is 4.79 Å². The first-order valence-electron chi connectivity index (χ1n) is 7.42. The summed E-state index contributed by atoms with van der Waals surface area (Å²) < 4.78 is 0. The summed E-state index contributed by atoms with van der Waals surface area (Å²) in [6, 6.07) is -0.271. The van der Waals surface area contributed by atoms with E-state index in [0.717, 1.165) is 13.1 Å². The fraction of sp³-hybridized carbons (Fsp3) is 0.786. The van der Waals surface area contributed by atoms with E-state index in [1.165, 1.54) is 12.8 Å². The number of urea groups is 1. The molecule has 0 aromatic heterocycles. The molecule has 0 aromatic carbocycles. The maximum absolute atomic E-state index is 11.6. The van der Waals surface area contributed by atoms with Crippen molar-refractivity contribution in [1.82, 2.24) is 15.5 Å². The second-order valence-electron chi connectivity index (χ2n) is 5.76. The summed E-state index contributed by atoms with van der Waals surface area (Å²) >= 11 is 0. The molecule has 1 rings (SSSR count). The monoisotopic (exact) mass is 299 g/mol. The van der Waals surface area contributed by atoms with Crippen LogP contribution in [0.3, 0.4) is 0 Å². The average molecular weight is 299 g/mol. The van der Waals surface area contributed by atoms with Gasteiger partial charge in [-0.25, -0.2) is 4.79 Å². The minimum absolute atomic E-state index is 0.0292. The van der Waals surface area contributed by atoms with Crippen molar-refractivity contribution in [3.8, 4) is 0 Å². The summed E-state index contributed by atoms with van der Waals surface area (Å²) in [5.74, 6) is -1.69. The van der Waals surface area contributed by atoms with Crippen LogP contribution in [0.25, 0.3) is 0 Å². The number of aliphatic carboxylic acids is 1. The number of hydrogen-bond donors (Lipinski definition) is 3. The van der Waals surface area contributed by atoms with E-state index < -0.39 is 17.9 Å². The van der Waals surface area contributed by atoms with Gasteiger partial charge < -0.3 is 10.4 Å². The Labute approximate surface area is 125 Å². The lowest BCUT2D eigenvalue weighted by atomic mass is 10.0. The zero-order valence-corrected chi connectivity index (χ0v) is 12.7. The standard InChI is InChI=1S/C14H25N3O4/c1-10(8-13(19)20)7-12(18)16-14(21)15-9-11(2)17-5-3-4-6-17/h10-11H,3-9H2,1-2H3,(H,19,20)(H2,15,16,18,21). The normalized spacial score (nSPS) is 18.0. The molecule has 0 spiro atoms. The van der Waals surface area contributed by atoms with E-state index in [0.29, 0.717) is 6.54 Å². The highest BCUT2D eigenvalue weighted by atomic mass is 16.4. The minimum Gasteiger partial charge on any atom is -0.481 e. The molecular weight excluding hydrogens is 274 g/mol. The highest BCUT2D eigenvalue weighted by Crippen LogP contribution is 2.10. The summed E-state index contributed by atoms with van der Waals surface area (Å²) in [7, 11) is 0. The first kappa shape index (κ1) is 17.4. The van der Waals surface area contributed by atoms with Gasteiger partial charge in [-0.15, -0.1) is 0 Å². The molecule has 2 atom stereocenters. The third-order valence-corrected chi connectivity index (χ3v) is 3.63. The Morgan fingerprint density at radius 2 is 1.76 bits per heavy atom. The van der Waals surface area contributed by atoms with E-state index in [9.17, 15) is 14.4 Å². The van der Waals surface area contributed by atoms with Crippen LogP contribution in [0, 0.1) is 5.92 Å². The third kappa shape index (κ3) is 7.08. The predicted octanol–water partition coefficient (Wildman–Crippen LogP) is 0.797. The van der Waals surface area contributed by atoms with E-state index in [-0.39, 0.29) is 24.8 Å². The zero-order valence-electron chi connectivity index (χ0n) is 12.7. The van der Waals surface area contributed by atoms with Crippen molar-refractivity contribution in [2.24, 2.45) is 5.92 Å². The zero-order chi connectivity index (χ0) is 15.8. The smallest absolute Gasteiger partial charge is 0.321 e. The van der Waals surface area contributed by atoms with Crippen LogP contribution in [0.15, 0.2) is 0 Å². The summed E-state index contributed by atoms with van der Waals surface area (Å²) in [5, 5.41) is 13.5. The summed E-state index contributed by atoms with van der Waals surface area (Å²) in [6.07, 6.45) is 2.33. The SMILES string of the molecule is CC(CC(=O)O)CC(=O)NC(=O)NCC(C)N1CCCC1. The molecule has 7 heteroatoms. The Balaban J connectivity index is 2.20. The fourth-order valence-electron chi connectivity index (χ4n) is 2.46. The molecule has 1 heterocycles. The van der Waals surface area contributed by atoms with Gasteiger partial charge in [-0.1, -0.05) is 6.92 Å². The van der Waals surface area contributed by atoms with E-state index in [2.05, 4.69) is 15.5 Å². The quantitative estimate of drug-likeness (QED) is 0.646. The first-order chi connectivity index (χ1) is 9.88. The average Bonchev–Trinajstić information content (AvgIpc) is 2.88. The van der Waals surface area contributed by atoms with Gasteiger partial charge in [0.2, 0.25) is 5.91 Å². The van der Waals surface area contributed by atoms with Crippen molar-refractivity contribution in [3.05, 3.63) is 0 Å². The van der Waals surface area contributed by atoms with Gasteiger partial charge in [0.1, 0.15) is 0 Å². The van der Waals surface area contributed by atoms with Crippen LogP contribution in [0.1, 0.15) is 39.5 Å². The molecule has 0 aliphatic carbocycles. The molecule has 7 nitrogen and oxygen atoms in total. The van der Waals surface area contributed by atoms with Gasteiger partial charge in [0.25, 0.3) is 0 Å². The number of carboxylic acids is 1. The van der Waals surface area contributed by atoms with Crippen LogP contribution in [0.5, 0.6) is 0 Å². The number of carbonyl (C=O) groups is 3. The molecule has 21 heavy (non-hydrogen) atoms. The van der Waals surface area contributed by atoms with Gasteiger partial charge in [-0.2, -0.15) is 0 Å². The van der Waals surface area contributed by atoms with Gasteiger partial charge in [0.15, 0.2) is 0 Å². The second kappa shape index (κ2) is 8.61. The first-order valence-corrected chi connectivity index (χ1v) is 7.42. The van der Waals surface area contributed by atoms with Crippen LogP contribution in [0.2, 0.25) is 0 Å². The number of nitrogens with zero attached hydrogens (tertiary/aromatic N) is 1. The lowest BCUT2D eigenvalue weighted by Crippen LogP contribution is -2.46. The maximum atomic E-state index is 11.6. The number of carbonyl (C=O) groups excluding carboxylic acids is 2. The van der Waals surface area contributed by atoms with Gasteiger partial charge in [0.05, 0.1) is 0 Å². The number of hydrogen-bond acceptors (Lipinski definition) is 4. The van der Waals surface area contributed by atoms with Gasteiger partial charge in [0, 0.05) is 25.4 Å². The van der Waals surface area contributed by atoms with E-state index in [1.54, 1.807) is 6.92 Å². The molecule has 1 saturated heterocycles. The Kier molecular flexibility index (Phi) is 7.14. The van der Waals surface area contributed by atoms with Gasteiger partial charge in [-0.3, -0.25) is 19.8 Å². The van der Waals surface area contributed by atoms with Crippen molar-refractivity contribution >= 4 is 17.9 Å². The van der Waals surface area contributed by atoms with E-state index in [4.69, 9.17) is 5.11 Å². The molecule has 0 radical (unpaired) electrons. The van der Waals surface area contributed by atoms with Gasteiger partial charge in [-0.05, 0) is 38.8 Å². The van der Waals surface area contributed by atoms with Gasteiger partial charge >= 0.3 is 12.0 Å². The van der Waals surface area contributed by atoms with Crippen molar-refractivity contribution in [2.45, 2.75) is 45.6 Å². The third-order valence-electron chi connectivity index (χ3n) is 3.63. The Morgan fingerprint density at radius 1 is 1.14 bits per heavy atom. The molecule has 3 amide bonds. The largest absolute Gasteiger partial charge is 0.481 e. The molecule has 0 saturated carbocycles. The van der Waals surface area contributed by atoms with Crippen LogP contribution in [-0.4, -0.2) is 53.6 Å². The lowest BCUT2D eigenvalue weighted by Gasteiger charge is -2.23. The minimum atomic E-state index is -0.945. The lowest BCUT2D eigenvalue weighted by molar-refractivity contribution is -0.138. The number of imide groups is 1. The van der Waals surface area contributed by atoms with Crippen LogP contribution in [-0.2, 0) is 9.59 Å². The second-order valence-corrected chi connectivity index (χ2v) is 5.76. The summed E-state index contributed by atoms with van der Waals surface area (Å²) in [4.78, 5) is 36.0. The van der Waals surface area contributed by atoms with E-state index >= 15 is 0 Å². The topological polar surface area (TPSA) is 98.7 Å². The van der Waals surface area contributed by atoms with Crippen molar-refractivity contribution < 1.29 is 19.5 Å². The number of likely N-dealkylation sites (tertiary alicyclic amines) is 1. The maximum Gasteiger partial charge on any atom is 0.321 e. The molecule has 2 unspecified atom stereocenters. The summed E-state index contributed by atoms with van der Waals surface area (Å²) in [5.41, 5.74) is 0. The number of amides is 3. The predicted molar refractivity (Wildman–Crippen MR) is 77.8 cm³/mol. The van der Waals surface area contributed by atoms with Crippen molar-refractivity contribution in [3.63, 3.8) is 0 Å². The molecule has 0 aromatic rings. The molecule has 120 valence electrons. The highest BCUT2D eigenvalue weighted by molar-refractivity contribution is 5.94.